The molecule has 1 fully saturated rings. The summed E-state index contributed by atoms with van der Waals surface area (Å²) in [6.07, 6.45) is 1.72. The number of hydrogen-bond acceptors (Lipinski definition) is 5. The normalized spacial score (nSPS) is 16.0. The van der Waals surface area contributed by atoms with Crippen LogP contribution in [0.25, 0.3) is 11.5 Å². The lowest BCUT2D eigenvalue weighted by atomic mass is 9.99. The summed E-state index contributed by atoms with van der Waals surface area (Å²) in [6.45, 7) is 5.37. The van der Waals surface area contributed by atoms with Crippen molar-refractivity contribution in [3.05, 3.63) is 29.3 Å². The van der Waals surface area contributed by atoms with Gasteiger partial charge in [0.05, 0.1) is 12.7 Å². The lowest BCUT2D eigenvalue weighted by Crippen LogP contribution is -2.15. The molecular weight excluding hydrogens is 299 g/mol. The van der Waals surface area contributed by atoms with Crippen molar-refractivity contribution >= 4 is 0 Å². The predicted octanol–water partition coefficient (Wildman–Crippen LogP) is 3.90. The summed E-state index contributed by atoms with van der Waals surface area (Å²) in [7, 11) is 1.57. The molecule has 5 nitrogen and oxygen atoms in total. The van der Waals surface area contributed by atoms with Crippen molar-refractivity contribution < 1.29 is 18.4 Å². The summed E-state index contributed by atoms with van der Waals surface area (Å²) in [5.41, 5.74) is 1.09. The van der Waals surface area contributed by atoms with Crippen LogP contribution in [-0.2, 0) is 4.74 Å². The monoisotopic (exact) mass is 320 g/mol. The summed E-state index contributed by atoms with van der Waals surface area (Å²) in [4.78, 5) is 4.39. The van der Waals surface area contributed by atoms with Crippen molar-refractivity contribution in [2.24, 2.45) is 0 Å². The highest BCUT2D eigenvalue weighted by atomic mass is 19.1. The third kappa shape index (κ3) is 3.22. The molecule has 0 unspecified atom stereocenters. The fourth-order valence-electron chi connectivity index (χ4n) is 2.83. The van der Waals surface area contributed by atoms with Gasteiger partial charge in [-0.05, 0) is 36.5 Å². The van der Waals surface area contributed by atoms with Crippen LogP contribution in [0.15, 0.2) is 16.7 Å². The molecule has 2 aromatic rings. The zero-order valence-electron chi connectivity index (χ0n) is 13.6. The molecule has 0 amide bonds. The average molecular weight is 320 g/mol. The lowest BCUT2D eigenvalue weighted by Gasteiger charge is -2.18. The van der Waals surface area contributed by atoms with Crippen molar-refractivity contribution in [3.8, 4) is 17.2 Å². The molecule has 1 aromatic heterocycles. The van der Waals surface area contributed by atoms with Gasteiger partial charge < -0.3 is 14.0 Å². The molecule has 23 heavy (non-hydrogen) atoms. The largest absolute Gasteiger partial charge is 0.496 e. The van der Waals surface area contributed by atoms with Gasteiger partial charge in [-0.2, -0.15) is 4.98 Å². The fraction of sp³-hybridized carbons (Fsp3) is 0.529. The van der Waals surface area contributed by atoms with E-state index in [2.05, 4.69) is 10.1 Å². The van der Waals surface area contributed by atoms with E-state index in [4.69, 9.17) is 14.0 Å². The highest BCUT2D eigenvalue weighted by Crippen LogP contribution is 2.34. The molecule has 3 rings (SSSR count). The van der Waals surface area contributed by atoms with Crippen molar-refractivity contribution in [2.45, 2.75) is 38.5 Å². The minimum absolute atomic E-state index is 0.161. The Bertz CT molecular complexity index is 678. The quantitative estimate of drug-likeness (QED) is 0.855. The van der Waals surface area contributed by atoms with Gasteiger partial charge in [0.25, 0.3) is 5.89 Å². The minimum Gasteiger partial charge on any atom is -0.496 e. The highest BCUT2D eigenvalue weighted by molar-refractivity contribution is 5.59. The molecule has 0 saturated carbocycles. The van der Waals surface area contributed by atoms with E-state index in [0.29, 0.717) is 24.8 Å². The van der Waals surface area contributed by atoms with Crippen LogP contribution in [0.1, 0.15) is 49.9 Å². The summed E-state index contributed by atoms with van der Waals surface area (Å²) in [5, 5.41) is 4.02. The number of benzene rings is 1. The van der Waals surface area contributed by atoms with E-state index in [-0.39, 0.29) is 29.1 Å². The Hall–Kier alpha value is -1.95. The van der Waals surface area contributed by atoms with E-state index in [1.165, 1.54) is 6.07 Å². The van der Waals surface area contributed by atoms with Gasteiger partial charge in [-0.1, -0.05) is 19.0 Å². The third-order valence-corrected chi connectivity index (χ3v) is 4.20. The van der Waals surface area contributed by atoms with Crippen molar-refractivity contribution in [3.63, 3.8) is 0 Å². The molecule has 0 N–H and O–H groups in total. The maximum Gasteiger partial charge on any atom is 0.261 e. The van der Waals surface area contributed by atoms with Gasteiger partial charge in [0.2, 0.25) is 0 Å². The SMILES string of the molecule is COc1cc(-c2nc(C3CCOCC3)no2)c(F)cc1C(C)C. The first-order valence-electron chi connectivity index (χ1n) is 7.89. The topological polar surface area (TPSA) is 57.4 Å². The Labute approximate surface area is 134 Å². The van der Waals surface area contributed by atoms with E-state index in [1.54, 1.807) is 13.2 Å². The van der Waals surface area contributed by atoms with E-state index in [0.717, 1.165) is 18.4 Å². The fourth-order valence-corrected chi connectivity index (χ4v) is 2.83. The molecule has 0 radical (unpaired) electrons. The number of nitrogens with zero attached hydrogens (tertiary/aromatic N) is 2. The summed E-state index contributed by atoms with van der Waals surface area (Å²) in [5.74, 6) is 1.43. The number of aromatic nitrogens is 2. The number of rotatable bonds is 4. The van der Waals surface area contributed by atoms with Gasteiger partial charge >= 0.3 is 0 Å². The van der Waals surface area contributed by atoms with Crippen molar-refractivity contribution in [1.29, 1.82) is 0 Å². The molecule has 1 aliphatic rings. The molecule has 0 aliphatic carbocycles. The predicted molar refractivity (Wildman–Crippen MR) is 83.1 cm³/mol. The van der Waals surface area contributed by atoms with Gasteiger partial charge in [-0.25, -0.2) is 4.39 Å². The van der Waals surface area contributed by atoms with Crippen LogP contribution in [0.2, 0.25) is 0 Å². The maximum atomic E-state index is 14.5. The van der Waals surface area contributed by atoms with Gasteiger partial charge in [-0.15, -0.1) is 0 Å². The van der Waals surface area contributed by atoms with Gasteiger partial charge in [-0.3, -0.25) is 0 Å². The molecule has 0 bridgehead atoms. The van der Waals surface area contributed by atoms with Crippen molar-refractivity contribution in [2.75, 3.05) is 20.3 Å². The standard InChI is InChI=1S/C17H21FN2O3/c1-10(2)12-8-14(18)13(9-15(12)21-3)17-19-16(20-23-17)11-4-6-22-7-5-11/h8-11H,4-7H2,1-3H3. The highest BCUT2D eigenvalue weighted by Gasteiger charge is 2.24. The Morgan fingerprint density at radius 3 is 2.65 bits per heavy atom. The van der Waals surface area contributed by atoms with Gasteiger partial charge in [0, 0.05) is 19.1 Å². The molecule has 1 aromatic carbocycles. The molecular formula is C17H21FN2O3. The molecule has 6 heteroatoms. The second kappa shape index (κ2) is 6.66. The van der Waals surface area contributed by atoms with Crippen LogP contribution in [0, 0.1) is 5.82 Å². The molecule has 1 saturated heterocycles. The average Bonchev–Trinajstić information content (AvgIpc) is 3.05. The van der Waals surface area contributed by atoms with Crippen LogP contribution in [0.4, 0.5) is 4.39 Å². The number of hydrogen-bond donors (Lipinski definition) is 0. The summed E-state index contributed by atoms with van der Waals surface area (Å²) < 4.78 is 30.5. The Morgan fingerprint density at radius 2 is 2.00 bits per heavy atom. The Balaban J connectivity index is 1.94. The number of methoxy groups -OCH3 is 1. The zero-order chi connectivity index (χ0) is 16.4. The first kappa shape index (κ1) is 15.9. The van der Waals surface area contributed by atoms with Crippen LogP contribution >= 0.6 is 0 Å². The first-order valence-corrected chi connectivity index (χ1v) is 7.89. The van der Waals surface area contributed by atoms with E-state index >= 15 is 0 Å². The van der Waals surface area contributed by atoms with Crippen LogP contribution in [-0.4, -0.2) is 30.5 Å². The molecule has 0 atom stereocenters. The van der Waals surface area contributed by atoms with Crippen LogP contribution in [0.5, 0.6) is 5.75 Å². The molecule has 124 valence electrons. The summed E-state index contributed by atoms with van der Waals surface area (Å²) >= 11 is 0. The summed E-state index contributed by atoms with van der Waals surface area (Å²) in [6, 6.07) is 3.11. The molecule has 0 spiro atoms. The molecule has 2 heterocycles. The van der Waals surface area contributed by atoms with Gasteiger partial charge in [0.1, 0.15) is 11.6 Å². The Kier molecular flexibility index (Phi) is 4.61. The minimum atomic E-state index is -0.378. The van der Waals surface area contributed by atoms with Gasteiger partial charge in [0.15, 0.2) is 5.82 Å². The number of halogens is 1. The van der Waals surface area contributed by atoms with E-state index < -0.39 is 0 Å². The van der Waals surface area contributed by atoms with Crippen LogP contribution < -0.4 is 4.74 Å². The van der Waals surface area contributed by atoms with E-state index in [1.807, 2.05) is 13.8 Å². The van der Waals surface area contributed by atoms with Crippen LogP contribution in [0.3, 0.4) is 0 Å². The third-order valence-electron chi connectivity index (χ3n) is 4.20. The van der Waals surface area contributed by atoms with E-state index in [9.17, 15) is 4.39 Å². The zero-order valence-corrected chi connectivity index (χ0v) is 13.6. The Morgan fingerprint density at radius 1 is 1.26 bits per heavy atom. The first-order chi connectivity index (χ1) is 11.1. The molecule has 1 aliphatic heterocycles. The lowest BCUT2D eigenvalue weighted by molar-refractivity contribution is 0.0830. The smallest absolute Gasteiger partial charge is 0.261 e. The second-order valence-electron chi connectivity index (χ2n) is 6.07. The second-order valence-corrected chi connectivity index (χ2v) is 6.07. The van der Waals surface area contributed by atoms with Crippen molar-refractivity contribution in [1.82, 2.24) is 10.1 Å². The number of ether oxygens (including phenoxy) is 2. The maximum absolute atomic E-state index is 14.5.